The van der Waals surface area contributed by atoms with Gasteiger partial charge in [0.15, 0.2) is 5.82 Å². The first-order valence-electron chi connectivity index (χ1n) is 9.77. The lowest BCUT2D eigenvalue weighted by molar-refractivity contribution is -0.137. The molecule has 0 unspecified atom stereocenters. The minimum atomic E-state index is -4.47. The first kappa shape index (κ1) is 22.5. The number of hydrogen-bond acceptors (Lipinski definition) is 5. The number of carbonyl (C=O) groups excluding carboxylic acids is 1. The van der Waals surface area contributed by atoms with Crippen molar-refractivity contribution < 1.29 is 27.1 Å². The Kier molecular flexibility index (Phi) is 7.11. The number of nitrogens with one attached hydrogen (secondary N) is 1. The molecule has 0 radical (unpaired) electrons. The van der Waals surface area contributed by atoms with Crippen molar-refractivity contribution in [2.24, 2.45) is 0 Å². The van der Waals surface area contributed by atoms with Crippen molar-refractivity contribution in [1.29, 1.82) is 0 Å². The quantitative estimate of drug-likeness (QED) is 0.505. The van der Waals surface area contributed by atoms with Gasteiger partial charge < -0.3 is 14.5 Å². The van der Waals surface area contributed by atoms with E-state index in [2.05, 4.69) is 15.4 Å². The number of nitrogens with zero attached hydrogens (tertiary/aromatic N) is 3. The summed E-state index contributed by atoms with van der Waals surface area (Å²) in [5, 5.41) is 7.00. The summed E-state index contributed by atoms with van der Waals surface area (Å²) in [5.74, 6) is 0.522. The van der Waals surface area contributed by atoms with Crippen LogP contribution in [-0.2, 0) is 17.5 Å². The number of alkyl halides is 3. The molecule has 0 aliphatic heterocycles. The van der Waals surface area contributed by atoms with Crippen molar-refractivity contribution >= 4 is 5.91 Å². The van der Waals surface area contributed by atoms with Crippen LogP contribution in [0.25, 0.3) is 5.82 Å². The van der Waals surface area contributed by atoms with Crippen LogP contribution in [0.5, 0.6) is 0 Å². The molecule has 0 aromatic carbocycles. The molecule has 166 valence electrons. The minimum absolute atomic E-state index is 0.107. The third kappa shape index (κ3) is 5.72. The number of pyridine rings is 1. The maximum absolute atomic E-state index is 12.8. The molecule has 0 aliphatic carbocycles. The summed E-state index contributed by atoms with van der Waals surface area (Å²) in [4.78, 5) is 16.5. The highest BCUT2D eigenvalue weighted by atomic mass is 19.4. The van der Waals surface area contributed by atoms with Gasteiger partial charge in [0.2, 0.25) is 0 Å². The Bertz CT molecular complexity index is 980. The van der Waals surface area contributed by atoms with Gasteiger partial charge in [-0.15, -0.1) is 0 Å². The molecule has 10 heteroatoms. The van der Waals surface area contributed by atoms with Crippen molar-refractivity contribution in [3.63, 3.8) is 0 Å². The molecule has 0 bridgehead atoms. The van der Waals surface area contributed by atoms with Gasteiger partial charge in [0, 0.05) is 19.3 Å². The summed E-state index contributed by atoms with van der Waals surface area (Å²) < 4.78 is 50.4. The van der Waals surface area contributed by atoms with Crippen LogP contribution in [0.2, 0.25) is 0 Å². The number of carbonyl (C=O) groups is 1. The van der Waals surface area contributed by atoms with E-state index >= 15 is 0 Å². The van der Waals surface area contributed by atoms with Crippen LogP contribution in [0.1, 0.15) is 53.6 Å². The van der Waals surface area contributed by atoms with E-state index in [1.54, 1.807) is 12.3 Å². The van der Waals surface area contributed by atoms with E-state index < -0.39 is 11.7 Å². The zero-order valence-corrected chi connectivity index (χ0v) is 17.1. The number of furan rings is 1. The largest absolute Gasteiger partial charge is 0.467 e. The van der Waals surface area contributed by atoms with Gasteiger partial charge in [-0.1, -0.05) is 13.8 Å². The van der Waals surface area contributed by atoms with Gasteiger partial charge in [0.25, 0.3) is 5.91 Å². The predicted octanol–water partition coefficient (Wildman–Crippen LogP) is 4.34. The van der Waals surface area contributed by atoms with E-state index in [1.165, 1.54) is 16.9 Å². The highest BCUT2D eigenvalue weighted by Crippen LogP contribution is 2.29. The molecule has 0 aliphatic rings. The Morgan fingerprint density at radius 3 is 2.68 bits per heavy atom. The topological polar surface area (TPSA) is 82.2 Å². The molecule has 3 aromatic rings. The Labute approximate surface area is 177 Å². The highest BCUT2D eigenvalue weighted by molar-refractivity contribution is 5.95. The van der Waals surface area contributed by atoms with Crippen LogP contribution in [0, 0.1) is 0 Å². The fourth-order valence-corrected chi connectivity index (χ4v) is 2.99. The van der Waals surface area contributed by atoms with E-state index in [0.29, 0.717) is 37.4 Å². The standard InChI is InChI=1S/C21H23F3N4O3/c1-14(2)19-17(20(29)25-8-4-9-30-13-16-5-3-10-31-16)12-27-28(19)18-7-6-15(11-26-18)21(22,23)24/h3,5-7,10-12,14H,4,8-9,13H2,1-2H3,(H,25,29). The van der Waals surface area contributed by atoms with Gasteiger partial charge in [-0.05, 0) is 36.6 Å². The van der Waals surface area contributed by atoms with E-state index in [9.17, 15) is 18.0 Å². The SMILES string of the molecule is CC(C)c1c(C(=O)NCCCOCc2ccco2)cnn1-c1ccc(C(F)(F)F)cn1. The third-order valence-electron chi connectivity index (χ3n) is 4.47. The molecular weight excluding hydrogens is 413 g/mol. The number of aromatic nitrogens is 3. The lowest BCUT2D eigenvalue weighted by atomic mass is 10.1. The van der Waals surface area contributed by atoms with Crippen molar-refractivity contribution in [2.45, 2.75) is 39.0 Å². The van der Waals surface area contributed by atoms with Crippen LogP contribution in [0.3, 0.4) is 0 Å². The van der Waals surface area contributed by atoms with E-state index in [-0.39, 0.29) is 17.6 Å². The molecule has 1 N–H and O–H groups in total. The Hall–Kier alpha value is -3.14. The molecule has 1 amide bonds. The first-order chi connectivity index (χ1) is 14.8. The summed E-state index contributed by atoms with van der Waals surface area (Å²) in [6.07, 6.45) is -0.131. The van der Waals surface area contributed by atoms with Gasteiger partial charge in [-0.3, -0.25) is 4.79 Å². The number of ether oxygens (including phenoxy) is 1. The van der Waals surface area contributed by atoms with Gasteiger partial charge in [0.05, 0.1) is 29.3 Å². The monoisotopic (exact) mass is 436 g/mol. The second kappa shape index (κ2) is 9.78. The molecule has 3 rings (SSSR count). The fourth-order valence-electron chi connectivity index (χ4n) is 2.99. The van der Waals surface area contributed by atoms with Crippen molar-refractivity contribution in [2.75, 3.05) is 13.2 Å². The highest BCUT2D eigenvalue weighted by Gasteiger charge is 2.31. The van der Waals surface area contributed by atoms with Crippen LogP contribution in [0.15, 0.2) is 47.3 Å². The van der Waals surface area contributed by atoms with E-state index in [4.69, 9.17) is 9.15 Å². The Morgan fingerprint density at radius 1 is 1.26 bits per heavy atom. The maximum atomic E-state index is 12.8. The zero-order valence-electron chi connectivity index (χ0n) is 17.1. The summed E-state index contributed by atoms with van der Waals surface area (Å²) in [5.41, 5.74) is 0.0776. The predicted molar refractivity (Wildman–Crippen MR) is 106 cm³/mol. The van der Waals surface area contributed by atoms with Crippen molar-refractivity contribution in [3.8, 4) is 5.82 Å². The normalized spacial score (nSPS) is 11.8. The average molecular weight is 436 g/mol. The van der Waals surface area contributed by atoms with Gasteiger partial charge in [0.1, 0.15) is 12.4 Å². The average Bonchev–Trinajstić information content (AvgIpc) is 3.39. The molecule has 0 saturated carbocycles. The number of halogens is 3. The Morgan fingerprint density at radius 2 is 2.06 bits per heavy atom. The minimum Gasteiger partial charge on any atom is -0.467 e. The van der Waals surface area contributed by atoms with Crippen molar-refractivity contribution in [3.05, 3.63) is 65.5 Å². The maximum Gasteiger partial charge on any atom is 0.417 e. The number of amides is 1. The first-order valence-corrected chi connectivity index (χ1v) is 9.77. The lowest BCUT2D eigenvalue weighted by Gasteiger charge is -2.13. The van der Waals surface area contributed by atoms with Gasteiger partial charge >= 0.3 is 6.18 Å². The summed E-state index contributed by atoms with van der Waals surface area (Å²) in [6.45, 7) is 4.96. The van der Waals surface area contributed by atoms with Crippen LogP contribution in [-0.4, -0.2) is 33.8 Å². The molecule has 0 atom stereocenters. The van der Waals surface area contributed by atoms with Crippen LogP contribution < -0.4 is 5.32 Å². The number of rotatable bonds is 9. The molecule has 3 aromatic heterocycles. The Balaban J connectivity index is 1.61. The molecule has 3 heterocycles. The summed E-state index contributed by atoms with van der Waals surface area (Å²) in [7, 11) is 0. The van der Waals surface area contributed by atoms with Crippen LogP contribution >= 0.6 is 0 Å². The van der Waals surface area contributed by atoms with E-state index in [0.717, 1.165) is 18.0 Å². The van der Waals surface area contributed by atoms with Crippen molar-refractivity contribution in [1.82, 2.24) is 20.1 Å². The van der Waals surface area contributed by atoms with E-state index in [1.807, 2.05) is 19.9 Å². The molecule has 0 saturated heterocycles. The van der Waals surface area contributed by atoms with Gasteiger partial charge in [-0.25, -0.2) is 9.67 Å². The third-order valence-corrected chi connectivity index (χ3v) is 4.47. The second-order valence-corrected chi connectivity index (χ2v) is 7.15. The molecule has 7 nitrogen and oxygen atoms in total. The zero-order chi connectivity index (χ0) is 22.4. The molecule has 31 heavy (non-hydrogen) atoms. The molecule has 0 spiro atoms. The fraction of sp³-hybridized carbons (Fsp3) is 0.381. The molecular formula is C21H23F3N4O3. The smallest absolute Gasteiger partial charge is 0.417 e. The lowest BCUT2D eigenvalue weighted by Crippen LogP contribution is -2.26. The second-order valence-electron chi connectivity index (χ2n) is 7.15. The molecule has 0 fully saturated rings. The summed E-state index contributed by atoms with van der Waals surface area (Å²) in [6, 6.07) is 5.78. The van der Waals surface area contributed by atoms with Crippen LogP contribution in [0.4, 0.5) is 13.2 Å². The summed E-state index contributed by atoms with van der Waals surface area (Å²) >= 11 is 0. The van der Waals surface area contributed by atoms with Gasteiger partial charge in [-0.2, -0.15) is 18.3 Å². The number of hydrogen-bond donors (Lipinski definition) is 1.